The average Bonchev–Trinajstić information content (AvgIpc) is 2.78. The number of sulfonamides is 1. The van der Waals surface area contributed by atoms with Crippen molar-refractivity contribution in [2.75, 3.05) is 25.5 Å². The molecule has 166 valence electrons. The Morgan fingerprint density at radius 3 is 2.58 bits per heavy atom. The van der Waals surface area contributed by atoms with Gasteiger partial charge >= 0.3 is 0 Å². The van der Waals surface area contributed by atoms with Gasteiger partial charge < -0.3 is 10.2 Å². The fraction of sp³-hybridized carbons (Fsp3) is 0.476. The summed E-state index contributed by atoms with van der Waals surface area (Å²) in [6, 6.07) is 4.35. The molecule has 1 atom stereocenters. The van der Waals surface area contributed by atoms with E-state index in [9.17, 15) is 17.6 Å². The van der Waals surface area contributed by atoms with Crippen molar-refractivity contribution in [3.05, 3.63) is 47.2 Å². The number of carbonyl (C=O) groups excluding carboxylic acids is 1. The molecule has 0 radical (unpaired) electrons. The lowest BCUT2D eigenvalue weighted by Crippen LogP contribution is -2.40. The fourth-order valence-electron chi connectivity index (χ4n) is 4.27. The van der Waals surface area contributed by atoms with Crippen molar-refractivity contribution in [2.24, 2.45) is 0 Å². The molecule has 0 unspecified atom stereocenters. The van der Waals surface area contributed by atoms with Crippen molar-refractivity contribution in [1.29, 1.82) is 0 Å². The minimum Gasteiger partial charge on any atom is -0.373 e. The maximum Gasteiger partial charge on any atom is 0.243 e. The predicted molar refractivity (Wildman–Crippen MR) is 113 cm³/mol. The first-order valence-corrected chi connectivity index (χ1v) is 11.9. The van der Waals surface area contributed by atoms with Crippen LogP contribution in [-0.2, 0) is 27.8 Å². The maximum absolute atomic E-state index is 13.3. The largest absolute Gasteiger partial charge is 0.373 e. The number of hydrogen-bond acceptors (Lipinski definition) is 6. The van der Waals surface area contributed by atoms with Gasteiger partial charge in [0.15, 0.2) is 0 Å². The number of rotatable bonds is 4. The molecule has 0 bridgehead atoms. The molecule has 2 aliphatic rings. The summed E-state index contributed by atoms with van der Waals surface area (Å²) in [7, 11) is -2.06. The number of piperidine rings is 1. The Hall–Kier alpha value is -2.59. The lowest BCUT2D eigenvalue weighted by molar-refractivity contribution is -0.129. The Morgan fingerprint density at radius 2 is 1.90 bits per heavy atom. The first-order chi connectivity index (χ1) is 14.8. The second-order valence-electron chi connectivity index (χ2n) is 7.88. The highest BCUT2D eigenvalue weighted by Crippen LogP contribution is 2.36. The molecule has 10 heteroatoms. The second kappa shape index (κ2) is 8.51. The van der Waals surface area contributed by atoms with E-state index >= 15 is 0 Å². The van der Waals surface area contributed by atoms with Crippen molar-refractivity contribution >= 4 is 21.7 Å². The molecule has 0 spiro atoms. The third-order valence-corrected chi connectivity index (χ3v) is 7.86. The Balaban J connectivity index is 1.74. The Labute approximate surface area is 181 Å². The van der Waals surface area contributed by atoms with Gasteiger partial charge in [0.1, 0.15) is 17.5 Å². The van der Waals surface area contributed by atoms with E-state index in [0.717, 1.165) is 36.2 Å². The Kier molecular flexibility index (Phi) is 5.94. The van der Waals surface area contributed by atoms with Crippen LogP contribution in [0.25, 0.3) is 0 Å². The summed E-state index contributed by atoms with van der Waals surface area (Å²) >= 11 is 0. The van der Waals surface area contributed by atoms with Crippen molar-refractivity contribution in [1.82, 2.24) is 19.2 Å². The highest BCUT2D eigenvalue weighted by Gasteiger charge is 2.37. The van der Waals surface area contributed by atoms with Gasteiger partial charge in [-0.25, -0.2) is 22.8 Å². The van der Waals surface area contributed by atoms with Gasteiger partial charge in [-0.1, -0.05) is 6.42 Å². The molecule has 1 saturated heterocycles. The maximum atomic E-state index is 13.3. The molecular weight excluding hydrogens is 421 g/mol. The number of hydrogen-bond donors (Lipinski definition) is 1. The van der Waals surface area contributed by atoms with Crippen LogP contribution in [0.5, 0.6) is 0 Å². The van der Waals surface area contributed by atoms with Crippen LogP contribution in [-0.4, -0.2) is 53.6 Å². The van der Waals surface area contributed by atoms with E-state index in [1.165, 1.54) is 23.4 Å². The zero-order valence-corrected chi connectivity index (χ0v) is 18.5. The molecule has 2 aromatic rings. The van der Waals surface area contributed by atoms with Gasteiger partial charge in [-0.2, -0.15) is 4.31 Å². The topological polar surface area (TPSA) is 95.5 Å². The average molecular weight is 448 g/mol. The fourth-order valence-corrected chi connectivity index (χ4v) is 5.92. The Morgan fingerprint density at radius 1 is 1.16 bits per heavy atom. The minimum absolute atomic E-state index is 0.0185. The second-order valence-corrected chi connectivity index (χ2v) is 9.77. The van der Waals surface area contributed by atoms with Gasteiger partial charge in [0.2, 0.25) is 15.9 Å². The quantitative estimate of drug-likeness (QED) is 0.774. The number of amides is 1. The molecule has 0 saturated carbocycles. The van der Waals surface area contributed by atoms with Gasteiger partial charge in [0.25, 0.3) is 0 Å². The minimum atomic E-state index is -3.84. The first-order valence-electron chi connectivity index (χ1n) is 10.4. The van der Waals surface area contributed by atoms with Crippen LogP contribution in [0.15, 0.2) is 29.2 Å². The standard InChI is InChI=1S/C21H26FN5O3S/c1-14(28)26-12-10-17-18(13-26)24-21(25-20(17)23-2)19-5-3-4-11-27(19)31(29,30)16-8-6-15(22)7-9-16/h6-9,19H,3-5,10-13H2,1-2H3,(H,23,24,25)/t19-/m0/s1. The van der Waals surface area contributed by atoms with E-state index in [1.807, 2.05) is 0 Å². The molecular formula is C21H26FN5O3S. The lowest BCUT2D eigenvalue weighted by Gasteiger charge is -2.35. The molecule has 8 nitrogen and oxygen atoms in total. The number of benzene rings is 1. The number of nitrogens with zero attached hydrogens (tertiary/aromatic N) is 4. The SMILES string of the molecule is CNc1nc([C@@H]2CCCCN2S(=O)(=O)c2ccc(F)cc2)nc2c1CCN(C(C)=O)C2. The zero-order chi connectivity index (χ0) is 22.2. The smallest absolute Gasteiger partial charge is 0.243 e. The summed E-state index contributed by atoms with van der Waals surface area (Å²) in [6.07, 6.45) is 2.83. The van der Waals surface area contributed by atoms with Crippen LogP contribution in [0.2, 0.25) is 0 Å². The van der Waals surface area contributed by atoms with Crippen molar-refractivity contribution in [3.8, 4) is 0 Å². The van der Waals surface area contributed by atoms with E-state index < -0.39 is 21.9 Å². The van der Waals surface area contributed by atoms with Crippen molar-refractivity contribution in [3.63, 3.8) is 0 Å². The predicted octanol–water partition coefficient (Wildman–Crippen LogP) is 2.48. The molecule has 4 rings (SSSR count). The summed E-state index contributed by atoms with van der Waals surface area (Å²) in [5, 5.41) is 3.11. The number of aromatic nitrogens is 2. The van der Waals surface area contributed by atoms with Gasteiger partial charge in [0.05, 0.1) is 23.2 Å². The summed E-state index contributed by atoms with van der Waals surface area (Å²) in [6.45, 7) is 2.87. The molecule has 0 aliphatic carbocycles. The molecule has 3 heterocycles. The molecule has 1 fully saturated rings. The van der Waals surface area contributed by atoms with Gasteiger partial charge in [0, 0.05) is 32.6 Å². The van der Waals surface area contributed by atoms with E-state index in [4.69, 9.17) is 4.98 Å². The Bertz CT molecular complexity index is 1090. The zero-order valence-electron chi connectivity index (χ0n) is 17.6. The summed E-state index contributed by atoms with van der Waals surface area (Å²) in [5.41, 5.74) is 1.72. The van der Waals surface area contributed by atoms with Crippen LogP contribution < -0.4 is 5.32 Å². The van der Waals surface area contributed by atoms with E-state index in [-0.39, 0.29) is 10.8 Å². The van der Waals surface area contributed by atoms with Gasteiger partial charge in [-0.3, -0.25) is 4.79 Å². The van der Waals surface area contributed by atoms with Crippen LogP contribution in [0.1, 0.15) is 49.3 Å². The van der Waals surface area contributed by atoms with Crippen LogP contribution in [0, 0.1) is 5.82 Å². The number of nitrogens with one attached hydrogen (secondary N) is 1. The normalized spacial score (nSPS) is 19.7. The van der Waals surface area contributed by atoms with E-state index in [2.05, 4.69) is 10.3 Å². The van der Waals surface area contributed by atoms with Crippen molar-refractivity contribution < 1.29 is 17.6 Å². The number of anilines is 1. The molecule has 31 heavy (non-hydrogen) atoms. The molecule has 2 aliphatic heterocycles. The van der Waals surface area contributed by atoms with Gasteiger partial charge in [-0.05, 0) is 43.5 Å². The molecule has 1 aromatic carbocycles. The monoisotopic (exact) mass is 447 g/mol. The summed E-state index contributed by atoms with van der Waals surface area (Å²) in [5.74, 6) is 0.600. The van der Waals surface area contributed by atoms with Gasteiger partial charge in [-0.15, -0.1) is 0 Å². The molecule has 1 aromatic heterocycles. The van der Waals surface area contributed by atoms with E-state index in [1.54, 1.807) is 11.9 Å². The van der Waals surface area contributed by atoms with Crippen LogP contribution in [0.3, 0.4) is 0 Å². The summed E-state index contributed by atoms with van der Waals surface area (Å²) in [4.78, 5) is 23.1. The lowest BCUT2D eigenvalue weighted by atomic mass is 10.0. The molecule has 1 N–H and O–H groups in total. The highest BCUT2D eigenvalue weighted by atomic mass is 32.2. The number of halogens is 1. The van der Waals surface area contributed by atoms with Crippen LogP contribution in [0.4, 0.5) is 10.2 Å². The van der Waals surface area contributed by atoms with Crippen molar-refractivity contribution in [2.45, 2.75) is 50.1 Å². The number of carbonyl (C=O) groups is 1. The molecule has 1 amide bonds. The first kappa shape index (κ1) is 21.6. The van der Waals surface area contributed by atoms with Crippen LogP contribution >= 0.6 is 0 Å². The third-order valence-electron chi connectivity index (χ3n) is 5.94. The highest BCUT2D eigenvalue weighted by molar-refractivity contribution is 7.89. The van der Waals surface area contributed by atoms with E-state index in [0.29, 0.717) is 44.1 Å². The number of fused-ring (bicyclic) bond motifs is 1. The third kappa shape index (κ3) is 4.14. The summed E-state index contributed by atoms with van der Waals surface area (Å²) < 4.78 is 41.4.